The van der Waals surface area contributed by atoms with Gasteiger partial charge in [0.15, 0.2) is 0 Å². The first-order valence-electron chi connectivity index (χ1n) is 8.20. The SMILES string of the molecule is COc1ccc(OC)c(NCC(=O)Nc2ccc(C(C)(C)C)cc2)c1. The minimum atomic E-state index is -0.131. The highest BCUT2D eigenvalue weighted by atomic mass is 16.5. The van der Waals surface area contributed by atoms with Crippen LogP contribution in [0.5, 0.6) is 11.5 Å². The van der Waals surface area contributed by atoms with Crippen molar-refractivity contribution in [1.29, 1.82) is 0 Å². The third kappa shape index (κ3) is 5.14. The van der Waals surface area contributed by atoms with Gasteiger partial charge in [-0.05, 0) is 35.2 Å². The molecule has 0 aliphatic carbocycles. The molecule has 2 aromatic carbocycles. The molecule has 1 amide bonds. The monoisotopic (exact) mass is 342 g/mol. The van der Waals surface area contributed by atoms with Gasteiger partial charge in [-0.15, -0.1) is 0 Å². The second kappa shape index (κ2) is 7.92. The number of methoxy groups -OCH3 is 2. The van der Waals surface area contributed by atoms with E-state index in [1.54, 1.807) is 32.4 Å². The number of benzene rings is 2. The van der Waals surface area contributed by atoms with Crippen molar-refractivity contribution in [3.63, 3.8) is 0 Å². The van der Waals surface area contributed by atoms with Crippen LogP contribution in [0.3, 0.4) is 0 Å². The fourth-order valence-corrected chi connectivity index (χ4v) is 2.39. The maximum Gasteiger partial charge on any atom is 0.243 e. The molecule has 0 fully saturated rings. The quantitative estimate of drug-likeness (QED) is 0.831. The largest absolute Gasteiger partial charge is 0.497 e. The lowest BCUT2D eigenvalue weighted by molar-refractivity contribution is -0.114. The van der Waals surface area contributed by atoms with Gasteiger partial charge in [0.1, 0.15) is 11.5 Å². The van der Waals surface area contributed by atoms with Gasteiger partial charge < -0.3 is 20.1 Å². The predicted molar refractivity (Wildman–Crippen MR) is 102 cm³/mol. The zero-order valence-electron chi connectivity index (χ0n) is 15.5. The molecule has 0 saturated carbocycles. The van der Waals surface area contributed by atoms with Crippen molar-refractivity contribution in [2.75, 3.05) is 31.4 Å². The Kier molecular flexibility index (Phi) is 5.91. The topological polar surface area (TPSA) is 59.6 Å². The van der Waals surface area contributed by atoms with E-state index >= 15 is 0 Å². The highest BCUT2D eigenvalue weighted by Gasteiger charge is 2.13. The fraction of sp³-hybridized carbons (Fsp3) is 0.350. The lowest BCUT2D eigenvalue weighted by Crippen LogP contribution is -2.22. The summed E-state index contributed by atoms with van der Waals surface area (Å²) in [5.41, 5.74) is 2.80. The molecule has 0 atom stereocenters. The molecule has 0 saturated heterocycles. The van der Waals surface area contributed by atoms with E-state index in [4.69, 9.17) is 9.47 Å². The van der Waals surface area contributed by atoms with Crippen LogP contribution in [-0.2, 0) is 10.2 Å². The van der Waals surface area contributed by atoms with Crippen LogP contribution < -0.4 is 20.1 Å². The molecule has 0 aliphatic heterocycles. The van der Waals surface area contributed by atoms with Crippen molar-refractivity contribution in [2.45, 2.75) is 26.2 Å². The molecule has 0 bridgehead atoms. The number of rotatable bonds is 6. The normalized spacial score (nSPS) is 10.9. The summed E-state index contributed by atoms with van der Waals surface area (Å²) in [6.07, 6.45) is 0. The molecule has 2 N–H and O–H groups in total. The van der Waals surface area contributed by atoms with E-state index in [9.17, 15) is 4.79 Å². The van der Waals surface area contributed by atoms with Crippen molar-refractivity contribution < 1.29 is 14.3 Å². The summed E-state index contributed by atoms with van der Waals surface area (Å²) in [5, 5.41) is 5.96. The van der Waals surface area contributed by atoms with E-state index in [1.807, 2.05) is 24.3 Å². The molecule has 0 aliphatic rings. The van der Waals surface area contributed by atoms with Gasteiger partial charge in [0.05, 0.1) is 26.5 Å². The van der Waals surface area contributed by atoms with Crippen LogP contribution in [0.1, 0.15) is 26.3 Å². The van der Waals surface area contributed by atoms with E-state index < -0.39 is 0 Å². The number of anilines is 2. The van der Waals surface area contributed by atoms with Crippen LogP contribution in [0.25, 0.3) is 0 Å². The van der Waals surface area contributed by atoms with E-state index in [-0.39, 0.29) is 17.9 Å². The second-order valence-corrected chi connectivity index (χ2v) is 6.80. The molecule has 2 aromatic rings. The molecular formula is C20H26N2O3. The Balaban J connectivity index is 1.97. The third-order valence-corrected chi connectivity index (χ3v) is 3.88. The standard InChI is InChI=1S/C20H26N2O3/c1-20(2,3)14-6-8-15(9-7-14)22-19(23)13-21-17-12-16(24-4)10-11-18(17)25-5/h6-12,21H,13H2,1-5H3,(H,22,23). The fourth-order valence-electron chi connectivity index (χ4n) is 2.39. The van der Waals surface area contributed by atoms with Crippen LogP contribution in [0, 0.1) is 0 Å². The van der Waals surface area contributed by atoms with Crippen molar-refractivity contribution in [1.82, 2.24) is 0 Å². The summed E-state index contributed by atoms with van der Waals surface area (Å²) in [4.78, 5) is 12.2. The summed E-state index contributed by atoms with van der Waals surface area (Å²) in [7, 11) is 3.18. The van der Waals surface area contributed by atoms with Gasteiger partial charge in [-0.3, -0.25) is 4.79 Å². The molecule has 0 heterocycles. The highest BCUT2D eigenvalue weighted by molar-refractivity contribution is 5.94. The number of carbonyl (C=O) groups excluding carboxylic acids is 1. The minimum Gasteiger partial charge on any atom is -0.497 e. The number of carbonyl (C=O) groups is 1. The molecule has 5 heteroatoms. The zero-order chi connectivity index (χ0) is 18.4. The van der Waals surface area contributed by atoms with Gasteiger partial charge in [-0.1, -0.05) is 32.9 Å². The minimum absolute atomic E-state index is 0.0903. The lowest BCUT2D eigenvalue weighted by atomic mass is 9.87. The Morgan fingerprint density at radius 1 is 1.00 bits per heavy atom. The van der Waals surface area contributed by atoms with E-state index in [0.717, 1.165) is 5.69 Å². The van der Waals surface area contributed by atoms with Crippen LogP contribution >= 0.6 is 0 Å². The van der Waals surface area contributed by atoms with Crippen molar-refractivity contribution in [3.8, 4) is 11.5 Å². The summed E-state index contributed by atoms with van der Waals surface area (Å²) >= 11 is 0. The van der Waals surface area contributed by atoms with Gasteiger partial charge in [-0.25, -0.2) is 0 Å². The maximum atomic E-state index is 12.2. The summed E-state index contributed by atoms with van der Waals surface area (Å²) in [5.74, 6) is 1.22. The zero-order valence-corrected chi connectivity index (χ0v) is 15.5. The van der Waals surface area contributed by atoms with E-state index in [0.29, 0.717) is 17.2 Å². The first-order valence-corrected chi connectivity index (χ1v) is 8.20. The Labute approximate surface area is 149 Å². The Morgan fingerprint density at radius 2 is 1.68 bits per heavy atom. The summed E-state index contributed by atoms with van der Waals surface area (Å²) in [6, 6.07) is 13.3. The Hall–Kier alpha value is -2.69. The molecular weight excluding hydrogens is 316 g/mol. The van der Waals surface area contributed by atoms with Crippen LogP contribution in [0.15, 0.2) is 42.5 Å². The Bertz CT molecular complexity index is 719. The van der Waals surface area contributed by atoms with Crippen LogP contribution in [0.2, 0.25) is 0 Å². The third-order valence-electron chi connectivity index (χ3n) is 3.88. The first-order chi connectivity index (χ1) is 11.8. The molecule has 0 radical (unpaired) electrons. The number of hydrogen-bond donors (Lipinski definition) is 2. The van der Waals surface area contributed by atoms with Gasteiger partial charge in [0.2, 0.25) is 5.91 Å². The van der Waals surface area contributed by atoms with Crippen LogP contribution in [-0.4, -0.2) is 26.7 Å². The van der Waals surface area contributed by atoms with Crippen LogP contribution in [0.4, 0.5) is 11.4 Å². The average molecular weight is 342 g/mol. The highest BCUT2D eigenvalue weighted by Crippen LogP contribution is 2.28. The average Bonchev–Trinajstić information content (AvgIpc) is 2.59. The summed E-state index contributed by atoms with van der Waals surface area (Å²) < 4.78 is 10.5. The number of ether oxygens (including phenoxy) is 2. The summed E-state index contributed by atoms with van der Waals surface area (Å²) in [6.45, 7) is 6.61. The molecule has 0 unspecified atom stereocenters. The van der Waals surface area contributed by atoms with Gasteiger partial charge in [0.25, 0.3) is 0 Å². The van der Waals surface area contributed by atoms with Gasteiger partial charge >= 0.3 is 0 Å². The Morgan fingerprint density at radius 3 is 2.24 bits per heavy atom. The molecule has 0 aromatic heterocycles. The van der Waals surface area contributed by atoms with Gasteiger partial charge in [-0.2, -0.15) is 0 Å². The number of amides is 1. The van der Waals surface area contributed by atoms with Crippen molar-refractivity contribution in [3.05, 3.63) is 48.0 Å². The predicted octanol–water partition coefficient (Wildman–Crippen LogP) is 4.05. The molecule has 2 rings (SSSR count). The van der Waals surface area contributed by atoms with Crippen molar-refractivity contribution in [2.24, 2.45) is 0 Å². The first kappa shape index (κ1) is 18.6. The molecule has 0 spiro atoms. The molecule has 25 heavy (non-hydrogen) atoms. The van der Waals surface area contributed by atoms with Crippen molar-refractivity contribution >= 4 is 17.3 Å². The molecule has 134 valence electrons. The second-order valence-electron chi connectivity index (χ2n) is 6.80. The number of nitrogens with one attached hydrogen (secondary N) is 2. The van der Waals surface area contributed by atoms with E-state index in [2.05, 4.69) is 31.4 Å². The number of hydrogen-bond acceptors (Lipinski definition) is 4. The van der Waals surface area contributed by atoms with E-state index in [1.165, 1.54) is 5.56 Å². The molecule has 5 nitrogen and oxygen atoms in total. The van der Waals surface area contributed by atoms with Gasteiger partial charge in [0, 0.05) is 11.8 Å². The lowest BCUT2D eigenvalue weighted by Gasteiger charge is -2.19. The maximum absolute atomic E-state index is 12.2. The smallest absolute Gasteiger partial charge is 0.243 e.